The number of nitrogens with zero attached hydrogens (tertiary/aromatic N) is 1. The fraction of sp³-hybridized carbons (Fsp3) is 1.00. The molecular formula is C13H28N2. The van der Waals surface area contributed by atoms with Gasteiger partial charge in [0.2, 0.25) is 0 Å². The monoisotopic (exact) mass is 212 g/mol. The van der Waals surface area contributed by atoms with Gasteiger partial charge < -0.3 is 5.73 Å². The number of hydrogen-bond acceptors (Lipinski definition) is 2. The summed E-state index contributed by atoms with van der Waals surface area (Å²) in [4.78, 5) is 2.70. The third kappa shape index (κ3) is 2.54. The molecule has 0 saturated carbocycles. The predicted octanol–water partition coefficient (Wildman–Crippen LogP) is 2.62. The van der Waals surface area contributed by atoms with E-state index in [-0.39, 0.29) is 0 Å². The Morgan fingerprint density at radius 1 is 1.20 bits per heavy atom. The van der Waals surface area contributed by atoms with Gasteiger partial charge in [-0.1, -0.05) is 27.7 Å². The van der Waals surface area contributed by atoms with Gasteiger partial charge in [-0.2, -0.15) is 0 Å². The van der Waals surface area contributed by atoms with Gasteiger partial charge in [-0.05, 0) is 31.6 Å². The van der Waals surface area contributed by atoms with Gasteiger partial charge in [0.05, 0.1) is 0 Å². The standard InChI is InChI=1S/C13H28N2/c1-5-13(6-2,7-3)15-9-8-12(14)11(4)10-15/h11-12H,5-10,14H2,1-4H3. The minimum atomic E-state index is 0.421. The van der Waals surface area contributed by atoms with Gasteiger partial charge in [-0.25, -0.2) is 0 Å². The molecule has 2 unspecified atom stereocenters. The second-order valence-electron chi connectivity index (χ2n) is 5.16. The van der Waals surface area contributed by atoms with Crippen LogP contribution in [-0.2, 0) is 0 Å². The van der Waals surface area contributed by atoms with Crippen molar-refractivity contribution in [3.05, 3.63) is 0 Å². The summed E-state index contributed by atoms with van der Waals surface area (Å²) in [5.74, 6) is 0.655. The lowest BCUT2D eigenvalue weighted by Crippen LogP contribution is -2.55. The summed E-state index contributed by atoms with van der Waals surface area (Å²) >= 11 is 0. The minimum Gasteiger partial charge on any atom is -0.327 e. The Balaban J connectivity index is 2.69. The van der Waals surface area contributed by atoms with Crippen LogP contribution in [0, 0.1) is 5.92 Å². The topological polar surface area (TPSA) is 29.3 Å². The predicted molar refractivity (Wildman–Crippen MR) is 66.9 cm³/mol. The van der Waals surface area contributed by atoms with Crippen LogP contribution in [0.15, 0.2) is 0 Å². The van der Waals surface area contributed by atoms with E-state index in [1.165, 1.54) is 38.8 Å². The molecule has 2 nitrogen and oxygen atoms in total. The summed E-state index contributed by atoms with van der Waals surface area (Å²) in [6.07, 6.45) is 4.97. The maximum absolute atomic E-state index is 6.08. The lowest BCUT2D eigenvalue weighted by atomic mass is 9.83. The van der Waals surface area contributed by atoms with Crippen LogP contribution < -0.4 is 5.73 Å². The Labute approximate surface area is 95.2 Å². The van der Waals surface area contributed by atoms with Crippen LogP contribution in [0.25, 0.3) is 0 Å². The molecule has 15 heavy (non-hydrogen) atoms. The van der Waals surface area contributed by atoms with Crippen molar-refractivity contribution in [2.75, 3.05) is 13.1 Å². The van der Waals surface area contributed by atoms with Gasteiger partial charge in [-0.3, -0.25) is 4.90 Å². The van der Waals surface area contributed by atoms with Crippen molar-refractivity contribution >= 4 is 0 Å². The molecule has 0 radical (unpaired) electrons. The molecule has 1 fully saturated rings. The molecule has 0 spiro atoms. The van der Waals surface area contributed by atoms with Crippen LogP contribution in [0.2, 0.25) is 0 Å². The average Bonchev–Trinajstić information content (AvgIpc) is 2.26. The molecule has 0 aromatic heterocycles. The summed E-state index contributed by atoms with van der Waals surface area (Å²) in [6.45, 7) is 11.7. The molecule has 1 aliphatic rings. The van der Waals surface area contributed by atoms with Crippen LogP contribution in [-0.4, -0.2) is 29.6 Å². The Hall–Kier alpha value is -0.0800. The zero-order valence-electron chi connectivity index (χ0n) is 10.9. The number of hydrogen-bond donors (Lipinski definition) is 1. The van der Waals surface area contributed by atoms with E-state index in [9.17, 15) is 0 Å². The normalized spacial score (nSPS) is 29.4. The highest BCUT2D eigenvalue weighted by Crippen LogP contribution is 2.31. The molecule has 1 saturated heterocycles. The molecule has 0 amide bonds. The summed E-state index contributed by atoms with van der Waals surface area (Å²) in [6, 6.07) is 0.421. The second kappa shape index (κ2) is 5.31. The molecular weight excluding hydrogens is 184 g/mol. The number of likely N-dealkylation sites (tertiary alicyclic amines) is 1. The lowest BCUT2D eigenvalue weighted by molar-refractivity contribution is 0.0286. The first-order valence-corrected chi connectivity index (χ1v) is 6.60. The van der Waals surface area contributed by atoms with Crippen molar-refractivity contribution in [3.8, 4) is 0 Å². The van der Waals surface area contributed by atoms with E-state index in [0.717, 1.165) is 0 Å². The van der Waals surface area contributed by atoms with Gasteiger partial charge in [0.15, 0.2) is 0 Å². The molecule has 2 N–H and O–H groups in total. The van der Waals surface area contributed by atoms with Gasteiger partial charge in [-0.15, -0.1) is 0 Å². The van der Waals surface area contributed by atoms with Crippen molar-refractivity contribution in [2.45, 2.75) is 65.0 Å². The lowest BCUT2D eigenvalue weighted by Gasteiger charge is -2.48. The molecule has 0 aromatic rings. The van der Waals surface area contributed by atoms with Crippen molar-refractivity contribution < 1.29 is 0 Å². The molecule has 0 aliphatic carbocycles. The van der Waals surface area contributed by atoms with E-state index < -0.39 is 0 Å². The smallest absolute Gasteiger partial charge is 0.0201 e. The fourth-order valence-corrected chi connectivity index (χ4v) is 3.02. The highest BCUT2D eigenvalue weighted by atomic mass is 15.2. The van der Waals surface area contributed by atoms with E-state index in [2.05, 4.69) is 32.6 Å². The zero-order valence-corrected chi connectivity index (χ0v) is 10.9. The third-order valence-corrected chi connectivity index (χ3v) is 4.62. The van der Waals surface area contributed by atoms with Gasteiger partial charge in [0.25, 0.3) is 0 Å². The summed E-state index contributed by atoms with van der Waals surface area (Å²) < 4.78 is 0. The highest BCUT2D eigenvalue weighted by molar-refractivity contribution is 4.92. The van der Waals surface area contributed by atoms with Crippen molar-refractivity contribution in [1.82, 2.24) is 4.90 Å². The van der Waals surface area contributed by atoms with E-state index in [0.29, 0.717) is 17.5 Å². The SMILES string of the molecule is CCC(CC)(CC)N1CCC(N)C(C)C1. The van der Waals surface area contributed by atoms with E-state index in [4.69, 9.17) is 5.73 Å². The summed E-state index contributed by atoms with van der Waals surface area (Å²) in [7, 11) is 0. The summed E-state index contributed by atoms with van der Waals surface area (Å²) in [5.41, 5.74) is 6.52. The number of piperidine rings is 1. The molecule has 0 bridgehead atoms. The first kappa shape index (κ1) is 13.0. The Morgan fingerprint density at radius 2 is 1.73 bits per heavy atom. The van der Waals surface area contributed by atoms with Gasteiger partial charge in [0, 0.05) is 24.7 Å². The van der Waals surface area contributed by atoms with Crippen LogP contribution >= 0.6 is 0 Å². The molecule has 90 valence electrons. The van der Waals surface area contributed by atoms with E-state index in [1.807, 2.05) is 0 Å². The molecule has 0 aromatic carbocycles. The van der Waals surface area contributed by atoms with Gasteiger partial charge in [0.1, 0.15) is 0 Å². The number of rotatable bonds is 4. The number of nitrogens with two attached hydrogens (primary N) is 1. The Bertz CT molecular complexity index is 179. The molecule has 2 heteroatoms. The van der Waals surface area contributed by atoms with Crippen LogP contribution in [0.3, 0.4) is 0 Å². The Kier molecular flexibility index (Phi) is 4.60. The van der Waals surface area contributed by atoms with E-state index in [1.54, 1.807) is 0 Å². The Morgan fingerprint density at radius 3 is 2.13 bits per heavy atom. The average molecular weight is 212 g/mol. The van der Waals surface area contributed by atoms with Crippen molar-refractivity contribution in [2.24, 2.45) is 11.7 Å². The first-order chi connectivity index (χ1) is 7.09. The fourth-order valence-electron chi connectivity index (χ4n) is 3.02. The van der Waals surface area contributed by atoms with Crippen LogP contribution in [0.5, 0.6) is 0 Å². The molecule has 2 atom stereocenters. The molecule has 1 heterocycles. The molecule has 1 rings (SSSR count). The van der Waals surface area contributed by atoms with Crippen LogP contribution in [0.4, 0.5) is 0 Å². The largest absolute Gasteiger partial charge is 0.327 e. The van der Waals surface area contributed by atoms with E-state index >= 15 is 0 Å². The third-order valence-electron chi connectivity index (χ3n) is 4.62. The zero-order chi connectivity index (χ0) is 11.5. The maximum atomic E-state index is 6.08. The minimum absolute atomic E-state index is 0.421. The second-order valence-corrected chi connectivity index (χ2v) is 5.16. The highest BCUT2D eigenvalue weighted by Gasteiger charge is 2.35. The van der Waals surface area contributed by atoms with Gasteiger partial charge >= 0.3 is 0 Å². The quantitative estimate of drug-likeness (QED) is 0.776. The first-order valence-electron chi connectivity index (χ1n) is 6.60. The maximum Gasteiger partial charge on any atom is 0.0201 e. The van der Waals surface area contributed by atoms with Crippen LogP contribution in [0.1, 0.15) is 53.4 Å². The summed E-state index contributed by atoms with van der Waals surface area (Å²) in [5, 5.41) is 0. The molecule has 1 aliphatic heterocycles. The van der Waals surface area contributed by atoms with Crippen molar-refractivity contribution in [1.29, 1.82) is 0 Å². The van der Waals surface area contributed by atoms with Crippen molar-refractivity contribution in [3.63, 3.8) is 0 Å².